The van der Waals surface area contributed by atoms with Gasteiger partial charge in [-0.05, 0) is 45.4 Å². The van der Waals surface area contributed by atoms with Gasteiger partial charge in [-0.3, -0.25) is 4.68 Å². The van der Waals surface area contributed by atoms with Crippen molar-refractivity contribution in [2.45, 2.75) is 33.7 Å². The van der Waals surface area contributed by atoms with E-state index in [2.05, 4.69) is 74.2 Å². The van der Waals surface area contributed by atoms with E-state index in [1.54, 1.807) is 0 Å². The molecule has 0 aliphatic heterocycles. The summed E-state index contributed by atoms with van der Waals surface area (Å²) in [4.78, 5) is 0. The van der Waals surface area contributed by atoms with Gasteiger partial charge in [-0.25, -0.2) is 0 Å². The van der Waals surface area contributed by atoms with Crippen LogP contribution in [0.15, 0.2) is 48.6 Å². The second-order valence-corrected chi connectivity index (χ2v) is 7.00. The van der Waals surface area contributed by atoms with E-state index in [4.69, 9.17) is 0 Å². The smallest absolute Gasteiger partial charge is 0.0797 e. The van der Waals surface area contributed by atoms with E-state index in [-0.39, 0.29) is 11.5 Å². The first-order valence-corrected chi connectivity index (χ1v) is 8.37. The van der Waals surface area contributed by atoms with Crippen LogP contribution in [0.4, 0.5) is 0 Å². The van der Waals surface area contributed by atoms with Crippen molar-refractivity contribution in [1.82, 2.24) is 15.1 Å². The van der Waals surface area contributed by atoms with Gasteiger partial charge in [0.2, 0.25) is 0 Å². The number of hydrogen-bond donors (Lipinski definition) is 1. The molecule has 0 saturated carbocycles. The van der Waals surface area contributed by atoms with Crippen molar-refractivity contribution < 1.29 is 0 Å². The molecule has 0 saturated heterocycles. The standard InChI is InChI=1S/C21H27N3/c1-17(22-15-11-7-10-14-21(2,3)4)19-16-20(24(5)23-19)18-12-8-6-9-13-18/h6-9,11-13,16-17,22H,15H2,1-5H3/b11-7+/t17-/m1/s1. The molecular formula is C21H27N3. The number of benzene rings is 1. The molecule has 1 aromatic carbocycles. The van der Waals surface area contributed by atoms with Crippen LogP contribution in [0.25, 0.3) is 11.3 Å². The highest BCUT2D eigenvalue weighted by molar-refractivity contribution is 5.59. The van der Waals surface area contributed by atoms with Crippen LogP contribution in [-0.2, 0) is 7.05 Å². The molecule has 0 unspecified atom stereocenters. The lowest BCUT2D eigenvalue weighted by atomic mass is 9.98. The Hall–Kier alpha value is -2.31. The highest BCUT2D eigenvalue weighted by Gasteiger charge is 2.12. The maximum Gasteiger partial charge on any atom is 0.0797 e. The number of rotatable bonds is 5. The molecule has 3 nitrogen and oxygen atoms in total. The van der Waals surface area contributed by atoms with Gasteiger partial charge in [0.05, 0.1) is 11.4 Å². The third kappa shape index (κ3) is 5.40. The average molecular weight is 321 g/mol. The SMILES string of the molecule is C[C@@H](NC/C=C/C#CC(C)(C)C)c1cc(-c2ccccc2)n(C)n1. The molecule has 0 spiro atoms. The molecular weight excluding hydrogens is 294 g/mol. The predicted octanol–water partition coefficient (Wildman–Crippen LogP) is 4.34. The highest BCUT2D eigenvalue weighted by Crippen LogP contribution is 2.22. The number of aryl methyl sites for hydroxylation is 1. The number of aromatic nitrogens is 2. The predicted molar refractivity (Wildman–Crippen MR) is 101 cm³/mol. The first-order chi connectivity index (χ1) is 11.4. The van der Waals surface area contributed by atoms with Gasteiger partial charge in [-0.2, -0.15) is 5.10 Å². The molecule has 126 valence electrons. The van der Waals surface area contributed by atoms with Crippen LogP contribution >= 0.6 is 0 Å². The lowest BCUT2D eigenvalue weighted by molar-refractivity contribution is 0.571. The van der Waals surface area contributed by atoms with Gasteiger partial charge in [0.25, 0.3) is 0 Å². The van der Waals surface area contributed by atoms with E-state index in [0.29, 0.717) is 0 Å². The number of allylic oxidation sites excluding steroid dienone is 1. The van der Waals surface area contributed by atoms with Crippen LogP contribution in [-0.4, -0.2) is 16.3 Å². The van der Waals surface area contributed by atoms with Crippen LogP contribution in [0, 0.1) is 17.3 Å². The van der Waals surface area contributed by atoms with Crippen molar-refractivity contribution in [3.63, 3.8) is 0 Å². The summed E-state index contributed by atoms with van der Waals surface area (Å²) in [5.74, 6) is 6.27. The molecule has 0 aliphatic rings. The van der Waals surface area contributed by atoms with Gasteiger partial charge in [0.1, 0.15) is 0 Å². The van der Waals surface area contributed by atoms with Crippen molar-refractivity contribution in [2.24, 2.45) is 12.5 Å². The molecule has 0 bridgehead atoms. The first kappa shape index (κ1) is 18.0. The maximum atomic E-state index is 4.64. The minimum atomic E-state index is 0.0485. The summed E-state index contributed by atoms with van der Waals surface area (Å²) in [6.07, 6.45) is 3.97. The Labute approximate surface area is 145 Å². The highest BCUT2D eigenvalue weighted by atomic mass is 15.3. The topological polar surface area (TPSA) is 29.9 Å². The van der Waals surface area contributed by atoms with E-state index in [0.717, 1.165) is 17.9 Å². The van der Waals surface area contributed by atoms with E-state index in [1.807, 2.05) is 36.0 Å². The molecule has 3 heteroatoms. The fraction of sp³-hybridized carbons (Fsp3) is 0.381. The second-order valence-electron chi connectivity index (χ2n) is 7.00. The van der Waals surface area contributed by atoms with E-state index in [9.17, 15) is 0 Å². The van der Waals surface area contributed by atoms with Gasteiger partial charge in [-0.15, -0.1) is 0 Å². The molecule has 2 aromatic rings. The molecule has 0 radical (unpaired) electrons. The molecule has 2 rings (SSSR count). The zero-order valence-corrected chi connectivity index (χ0v) is 15.3. The Kier molecular flexibility index (Phi) is 6.00. The third-order valence-electron chi connectivity index (χ3n) is 3.60. The minimum absolute atomic E-state index is 0.0485. The maximum absolute atomic E-state index is 4.64. The average Bonchev–Trinajstić information content (AvgIpc) is 2.92. The summed E-state index contributed by atoms with van der Waals surface area (Å²) in [6, 6.07) is 12.7. The molecule has 24 heavy (non-hydrogen) atoms. The van der Waals surface area contributed by atoms with Crippen LogP contribution in [0.5, 0.6) is 0 Å². The van der Waals surface area contributed by atoms with Gasteiger partial charge in [-0.1, -0.05) is 48.2 Å². The Morgan fingerprint density at radius 3 is 2.62 bits per heavy atom. The zero-order chi connectivity index (χ0) is 17.6. The quantitative estimate of drug-likeness (QED) is 0.830. The van der Waals surface area contributed by atoms with Gasteiger partial charge in [0.15, 0.2) is 0 Å². The van der Waals surface area contributed by atoms with Crippen molar-refractivity contribution in [3.8, 4) is 23.1 Å². The van der Waals surface area contributed by atoms with Crippen molar-refractivity contribution in [2.75, 3.05) is 6.54 Å². The fourth-order valence-corrected chi connectivity index (χ4v) is 2.31. The summed E-state index contributed by atoms with van der Waals surface area (Å²) >= 11 is 0. The van der Waals surface area contributed by atoms with Crippen LogP contribution < -0.4 is 5.32 Å². The van der Waals surface area contributed by atoms with Crippen molar-refractivity contribution in [1.29, 1.82) is 0 Å². The van der Waals surface area contributed by atoms with Gasteiger partial charge in [0, 0.05) is 25.0 Å². The van der Waals surface area contributed by atoms with Crippen molar-refractivity contribution >= 4 is 0 Å². The summed E-state index contributed by atoms with van der Waals surface area (Å²) in [5.41, 5.74) is 3.41. The minimum Gasteiger partial charge on any atom is -0.305 e. The largest absolute Gasteiger partial charge is 0.305 e. The van der Waals surface area contributed by atoms with E-state index >= 15 is 0 Å². The van der Waals surface area contributed by atoms with E-state index in [1.165, 1.54) is 5.56 Å². The van der Waals surface area contributed by atoms with Crippen LogP contribution in [0.2, 0.25) is 0 Å². The van der Waals surface area contributed by atoms with Crippen molar-refractivity contribution in [3.05, 3.63) is 54.2 Å². The fourth-order valence-electron chi connectivity index (χ4n) is 2.31. The normalized spacial score (nSPS) is 12.9. The summed E-state index contributed by atoms with van der Waals surface area (Å²) in [6.45, 7) is 9.24. The molecule has 0 amide bonds. The monoisotopic (exact) mass is 321 g/mol. The summed E-state index contributed by atoms with van der Waals surface area (Å²) in [7, 11) is 1.99. The molecule has 0 fully saturated rings. The Morgan fingerprint density at radius 1 is 1.25 bits per heavy atom. The second kappa shape index (κ2) is 7.99. The summed E-state index contributed by atoms with van der Waals surface area (Å²) in [5, 5.41) is 8.09. The Morgan fingerprint density at radius 2 is 1.96 bits per heavy atom. The first-order valence-electron chi connectivity index (χ1n) is 8.37. The Bertz CT molecular complexity index is 737. The lowest BCUT2D eigenvalue weighted by Gasteiger charge is -2.08. The van der Waals surface area contributed by atoms with Gasteiger partial charge < -0.3 is 5.32 Å². The third-order valence-corrected chi connectivity index (χ3v) is 3.60. The molecule has 1 aromatic heterocycles. The molecule has 1 heterocycles. The molecule has 1 atom stereocenters. The number of nitrogens with one attached hydrogen (secondary N) is 1. The zero-order valence-electron chi connectivity index (χ0n) is 15.3. The lowest BCUT2D eigenvalue weighted by Crippen LogP contribution is -2.19. The summed E-state index contributed by atoms with van der Waals surface area (Å²) < 4.78 is 1.94. The number of hydrogen-bond acceptors (Lipinski definition) is 2. The van der Waals surface area contributed by atoms with Gasteiger partial charge >= 0.3 is 0 Å². The van der Waals surface area contributed by atoms with Crippen LogP contribution in [0.1, 0.15) is 39.4 Å². The van der Waals surface area contributed by atoms with Crippen LogP contribution in [0.3, 0.4) is 0 Å². The molecule has 1 N–H and O–H groups in total. The number of nitrogens with zero attached hydrogens (tertiary/aromatic N) is 2. The molecule has 0 aliphatic carbocycles. The van der Waals surface area contributed by atoms with E-state index < -0.39 is 0 Å². The Balaban J connectivity index is 1.95.